The van der Waals surface area contributed by atoms with Crippen LogP contribution in [0.1, 0.15) is 13.3 Å². The lowest BCUT2D eigenvalue weighted by Gasteiger charge is -2.27. The largest absolute Gasteiger partial charge is 0.397 e. The third-order valence-corrected chi connectivity index (χ3v) is 3.21. The van der Waals surface area contributed by atoms with Crippen LogP contribution in [0.25, 0.3) is 0 Å². The molecule has 0 fully saturated rings. The van der Waals surface area contributed by atoms with E-state index in [0.717, 1.165) is 41.9 Å². The standard InChI is InChI=1S/C17H25N3/c1-6-8-15(9-14(7-2)10-19-5)11-20-17-13(4)12(3)16(17)18/h7-9,19-20H,2-4,6,10-11,18H2,1,5H3/b14-9+,15-8+. The molecule has 3 nitrogen and oxygen atoms in total. The molecule has 0 heterocycles. The first-order chi connectivity index (χ1) is 9.54. The number of likely N-dealkylation sites (N-methyl/N-ethyl adjacent to an activating group) is 1. The van der Waals surface area contributed by atoms with E-state index in [1.54, 1.807) is 0 Å². The van der Waals surface area contributed by atoms with Crippen LogP contribution >= 0.6 is 0 Å². The van der Waals surface area contributed by atoms with Crippen LogP contribution in [0.2, 0.25) is 0 Å². The summed E-state index contributed by atoms with van der Waals surface area (Å²) in [5.74, 6) is 0. The highest BCUT2D eigenvalue weighted by Gasteiger charge is 2.23. The Balaban J connectivity index is 2.75. The highest BCUT2D eigenvalue weighted by Crippen LogP contribution is 2.31. The second kappa shape index (κ2) is 7.56. The Bertz CT molecular complexity index is 504. The Labute approximate surface area is 122 Å². The first-order valence-electron chi connectivity index (χ1n) is 6.84. The number of allylic oxidation sites excluding steroid dienone is 3. The molecule has 0 unspecified atom stereocenters. The molecule has 20 heavy (non-hydrogen) atoms. The highest BCUT2D eigenvalue weighted by molar-refractivity contribution is 5.65. The van der Waals surface area contributed by atoms with Crippen molar-refractivity contribution < 1.29 is 0 Å². The van der Waals surface area contributed by atoms with Gasteiger partial charge in [-0.05, 0) is 24.6 Å². The van der Waals surface area contributed by atoms with Crippen molar-refractivity contribution in [2.45, 2.75) is 13.3 Å². The first-order valence-corrected chi connectivity index (χ1v) is 6.84. The van der Waals surface area contributed by atoms with Crippen LogP contribution in [0.3, 0.4) is 0 Å². The lowest BCUT2D eigenvalue weighted by atomic mass is 9.90. The van der Waals surface area contributed by atoms with Gasteiger partial charge in [0.25, 0.3) is 0 Å². The second-order valence-corrected chi connectivity index (χ2v) is 4.74. The van der Waals surface area contributed by atoms with Crippen molar-refractivity contribution in [1.82, 2.24) is 10.6 Å². The molecule has 0 saturated carbocycles. The minimum absolute atomic E-state index is 0.717. The van der Waals surface area contributed by atoms with E-state index in [2.05, 4.69) is 49.4 Å². The minimum Gasteiger partial charge on any atom is -0.397 e. The van der Waals surface area contributed by atoms with Gasteiger partial charge in [-0.25, -0.2) is 0 Å². The second-order valence-electron chi connectivity index (χ2n) is 4.74. The van der Waals surface area contributed by atoms with Crippen LogP contribution in [0.15, 0.2) is 71.7 Å². The fourth-order valence-corrected chi connectivity index (χ4v) is 2.03. The van der Waals surface area contributed by atoms with Gasteiger partial charge < -0.3 is 16.4 Å². The zero-order valence-corrected chi connectivity index (χ0v) is 12.6. The summed E-state index contributed by atoms with van der Waals surface area (Å²) in [5, 5.41) is 6.46. The number of nitrogens with two attached hydrogens (primary N) is 1. The summed E-state index contributed by atoms with van der Waals surface area (Å²) in [6.45, 7) is 15.3. The lowest BCUT2D eigenvalue weighted by Crippen LogP contribution is -2.30. The fourth-order valence-electron chi connectivity index (χ4n) is 2.03. The Morgan fingerprint density at radius 2 is 1.90 bits per heavy atom. The number of nitrogens with one attached hydrogen (secondary N) is 2. The summed E-state index contributed by atoms with van der Waals surface area (Å²) in [6.07, 6.45) is 7.20. The van der Waals surface area contributed by atoms with E-state index in [-0.39, 0.29) is 0 Å². The van der Waals surface area contributed by atoms with Crippen molar-refractivity contribution in [3.05, 3.63) is 71.7 Å². The average Bonchev–Trinajstić information content (AvgIpc) is 2.46. The summed E-state index contributed by atoms with van der Waals surface area (Å²) >= 11 is 0. The summed E-state index contributed by atoms with van der Waals surface area (Å²) in [4.78, 5) is 0. The highest BCUT2D eigenvalue weighted by atomic mass is 14.9. The molecule has 4 N–H and O–H groups in total. The first kappa shape index (κ1) is 16.1. The van der Waals surface area contributed by atoms with Gasteiger partial charge in [0.15, 0.2) is 0 Å². The van der Waals surface area contributed by atoms with Crippen LogP contribution in [0, 0.1) is 0 Å². The molecule has 0 aromatic heterocycles. The van der Waals surface area contributed by atoms with E-state index < -0.39 is 0 Å². The molecule has 0 radical (unpaired) electrons. The van der Waals surface area contributed by atoms with Crippen molar-refractivity contribution in [2.24, 2.45) is 5.73 Å². The monoisotopic (exact) mass is 271 g/mol. The predicted molar refractivity (Wildman–Crippen MR) is 88.1 cm³/mol. The summed E-state index contributed by atoms with van der Waals surface area (Å²) < 4.78 is 0. The van der Waals surface area contributed by atoms with E-state index in [4.69, 9.17) is 5.73 Å². The van der Waals surface area contributed by atoms with Gasteiger partial charge in [-0.15, -0.1) is 0 Å². The van der Waals surface area contributed by atoms with Gasteiger partial charge in [-0.1, -0.05) is 44.9 Å². The van der Waals surface area contributed by atoms with Gasteiger partial charge in [0.1, 0.15) is 0 Å². The molecule has 0 aromatic carbocycles. The van der Waals surface area contributed by atoms with Crippen molar-refractivity contribution >= 4 is 0 Å². The SMILES string of the molecule is C=C/C(=C\C(=C/CC)CNC1=C(N)C(=C)C1=C)CNC. The molecule has 0 atom stereocenters. The van der Waals surface area contributed by atoms with Crippen LogP contribution in [-0.2, 0) is 0 Å². The summed E-state index contributed by atoms with van der Waals surface area (Å²) in [6, 6.07) is 0. The maximum absolute atomic E-state index is 5.89. The van der Waals surface area contributed by atoms with E-state index >= 15 is 0 Å². The van der Waals surface area contributed by atoms with Gasteiger partial charge in [0, 0.05) is 24.2 Å². The third-order valence-electron chi connectivity index (χ3n) is 3.21. The molecule has 0 amide bonds. The zero-order valence-electron chi connectivity index (χ0n) is 12.6. The number of hydrogen-bond donors (Lipinski definition) is 3. The smallest absolute Gasteiger partial charge is 0.0657 e. The minimum atomic E-state index is 0.717. The molecule has 0 spiro atoms. The predicted octanol–water partition coefficient (Wildman–Crippen LogP) is 2.54. The Kier molecular flexibility index (Phi) is 6.07. The molecule has 3 heteroatoms. The maximum Gasteiger partial charge on any atom is 0.0657 e. The van der Waals surface area contributed by atoms with Gasteiger partial charge in [-0.3, -0.25) is 0 Å². The Morgan fingerprint density at radius 3 is 2.40 bits per heavy atom. The van der Waals surface area contributed by atoms with Crippen LogP contribution in [-0.4, -0.2) is 20.1 Å². The van der Waals surface area contributed by atoms with E-state index in [1.807, 2.05) is 13.1 Å². The van der Waals surface area contributed by atoms with Gasteiger partial charge >= 0.3 is 0 Å². The van der Waals surface area contributed by atoms with Crippen LogP contribution in [0.5, 0.6) is 0 Å². The van der Waals surface area contributed by atoms with E-state index in [1.165, 1.54) is 5.57 Å². The lowest BCUT2D eigenvalue weighted by molar-refractivity contribution is 0.843. The molecule has 1 aliphatic rings. The Morgan fingerprint density at radius 1 is 1.20 bits per heavy atom. The van der Waals surface area contributed by atoms with Crippen molar-refractivity contribution in [3.8, 4) is 0 Å². The molecular weight excluding hydrogens is 246 g/mol. The molecule has 1 aliphatic carbocycles. The quantitative estimate of drug-likeness (QED) is 0.595. The number of hydrogen-bond acceptors (Lipinski definition) is 3. The van der Waals surface area contributed by atoms with Crippen LogP contribution in [0.4, 0.5) is 0 Å². The Hall–Kier alpha value is -2.00. The maximum atomic E-state index is 5.89. The topological polar surface area (TPSA) is 50.1 Å². The van der Waals surface area contributed by atoms with Gasteiger partial charge in [0.05, 0.1) is 11.4 Å². The van der Waals surface area contributed by atoms with Crippen molar-refractivity contribution in [2.75, 3.05) is 20.1 Å². The molecule has 0 aromatic rings. The molecular formula is C17H25N3. The number of rotatable bonds is 8. The molecule has 0 bridgehead atoms. The van der Waals surface area contributed by atoms with Gasteiger partial charge in [-0.2, -0.15) is 0 Å². The molecule has 0 saturated heterocycles. The summed E-state index contributed by atoms with van der Waals surface area (Å²) in [7, 11) is 1.92. The zero-order chi connectivity index (χ0) is 15.1. The average molecular weight is 271 g/mol. The van der Waals surface area contributed by atoms with Crippen molar-refractivity contribution in [1.29, 1.82) is 0 Å². The normalized spacial score (nSPS) is 16.3. The van der Waals surface area contributed by atoms with E-state index in [9.17, 15) is 0 Å². The van der Waals surface area contributed by atoms with Gasteiger partial charge in [0.2, 0.25) is 0 Å². The summed E-state index contributed by atoms with van der Waals surface area (Å²) in [5.41, 5.74) is 11.6. The van der Waals surface area contributed by atoms with E-state index in [0.29, 0.717) is 5.70 Å². The molecule has 108 valence electrons. The van der Waals surface area contributed by atoms with Crippen LogP contribution < -0.4 is 16.4 Å². The third kappa shape index (κ3) is 3.75. The molecule has 1 rings (SSSR count). The molecule has 0 aliphatic heterocycles. The van der Waals surface area contributed by atoms with Crippen molar-refractivity contribution in [3.63, 3.8) is 0 Å². The fraction of sp³-hybridized carbons (Fsp3) is 0.294.